The monoisotopic (exact) mass is 224 g/mol. The molecule has 6 nitrogen and oxygen atoms in total. The summed E-state index contributed by atoms with van der Waals surface area (Å²) in [6, 6.07) is 3.54. The van der Waals surface area contributed by atoms with Crippen molar-refractivity contribution in [2.24, 2.45) is 0 Å². The van der Waals surface area contributed by atoms with Crippen LogP contribution in [0.25, 0.3) is 0 Å². The molecule has 0 aliphatic rings. The van der Waals surface area contributed by atoms with Crippen molar-refractivity contribution >= 4 is 18.4 Å². The van der Waals surface area contributed by atoms with Crippen LogP contribution in [0.1, 0.15) is 17.3 Å². The average molecular weight is 224 g/mol. The van der Waals surface area contributed by atoms with Gasteiger partial charge in [-0.25, -0.2) is 4.79 Å². The Morgan fingerprint density at radius 2 is 1.88 bits per heavy atom. The Hall–Kier alpha value is -2.37. The summed E-state index contributed by atoms with van der Waals surface area (Å²) in [6.07, 6.45) is 0. The van der Waals surface area contributed by atoms with Crippen molar-refractivity contribution in [3.8, 4) is 11.5 Å². The summed E-state index contributed by atoms with van der Waals surface area (Å²) in [5, 5.41) is 8.75. The van der Waals surface area contributed by atoms with Crippen LogP contribution in [0.5, 0.6) is 11.5 Å². The predicted octanol–water partition coefficient (Wildman–Crippen LogP) is 0.845. The third-order valence-electron chi connectivity index (χ3n) is 1.57. The molecule has 0 aliphatic heterocycles. The molecule has 84 valence electrons. The lowest BCUT2D eigenvalue weighted by atomic mass is 10.2. The lowest BCUT2D eigenvalue weighted by Gasteiger charge is -2.05. The van der Waals surface area contributed by atoms with Gasteiger partial charge in [0.25, 0.3) is 6.47 Å². The number of aromatic carboxylic acids is 1. The summed E-state index contributed by atoms with van der Waals surface area (Å²) in [6.45, 7) is 1.33. The number of carbonyl (C=O) groups excluding carboxylic acids is 2. The van der Waals surface area contributed by atoms with Gasteiger partial charge >= 0.3 is 11.9 Å². The van der Waals surface area contributed by atoms with Crippen molar-refractivity contribution in [1.29, 1.82) is 0 Å². The molecule has 16 heavy (non-hydrogen) atoms. The van der Waals surface area contributed by atoms with Gasteiger partial charge in [0.15, 0.2) is 0 Å². The predicted molar refractivity (Wildman–Crippen MR) is 51.4 cm³/mol. The van der Waals surface area contributed by atoms with Crippen molar-refractivity contribution in [2.75, 3.05) is 0 Å². The molecular formula is C10H8O6. The number of hydrogen-bond donors (Lipinski definition) is 1. The molecule has 0 spiro atoms. The number of carboxylic acid groups (broad SMARTS) is 1. The second kappa shape index (κ2) is 4.92. The number of ether oxygens (including phenoxy) is 2. The molecule has 1 aromatic rings. The Morgan fingerprint density at radius 3 is 2.38 bits per heavy atom. The van der Waals surface area contributed by atoms with Gasteiger partial charge in [-0.2, -0.15) is 0 Å². The average Bonchev–Trinajstić information content (AvgIpc) is 2.16. The van der Waals surface area contributed by atoms with E-state index in [0.717, 1.165) is 12.1 Å². The largest absolute Gasteiger partial charge is 0.478 e. The number of rotatable bonds is 4. The molecule has 1 aromatic carbocycles. The molecule has 0 saturated heterocycles. The van der Waals surface area contributed by atoms with Crippen LogP contribution in [-0.2, 0) is 9.59 Å². The van der Waals surface area contributed by atoms with Gasteiger partial charge in [-0.1, -0.05) is 0 Å². The zero-order chi connectivity index (χ0) is 12.1. The highest BCUT2D eigenvalue weighted by molar-refractivity contribution is 5.89. The number of esters is 1. The van der Waals surface area contributed by atoms with Gasteiger partial charge in [0.05, 0.1) is 5.56 Å². The molecule has 0 bridgehead atoms. The maximum Gasteiger partial charge on any atom is 0.335 e. The van der Waals surface area contributed by atoms with Gasteiger partial charge in [0, 0.05) is 13.0 Å². The van der Waals surface area contributed by atoms with Gasteiger partial charge in [0.1, 0.15) is 11.5 Å². The first-order valence-corrected chi connectivity index (χ1v) is 4.20. The van der Waals surface area contributed by atoms with Crippen molar-refractivity contribution in [2.45, 2.75) is 6.92 Å². The van der Waals surface area contributed by atoms with E-state index in [9.17, 15) is 14.4 Å². The summed E-state index contributed by atoms with van der Waals surface area (Å²) in [4.78, 5) is 31.5. The maximum absolute atomic E-state index is 10.7. The summed E-state index contributed by atoms with van der Waals surface area (Å²) < 4.78 is 9.18. The third-order valence-corrected chi connectivity index (χ3v) is 1.57. The maximum atomic E-state index is 10.7. The lowest BCUT2D eigenvalue weighted by molar-refractivity contribution is -0.131. The Morgan fingerprint density at radius 1 is 1.25 bits per heavy atom. The second-order valence-electron chi connectivity index (χ2n) is 2.81. The molecule has 0 radical (unpaired) electrons. The molecule has 0 unspecified atom stereocenters. The Labute approximate surface area is 90.4 Å². The van der Waals surface area contributed by atoms with Crippen LogP contribution in [0, 0.1) is 0 Å². The first-order valence-electron chi connectivity index (χ1n) is 4.20. The molecule has 1 rings (SSSR count). The van der Waals surface area contributed by atoms with Crippen LogP contribution in [-0.4, -0.2) is 23.5 Å². The SMILES string of the molecule is CC(=O)Oc1cc(OC=O)cc(C(=O)O)c1. The molecule has 0 amide bonds. The van der Waals surface area contributed by atoms with Crippen molar-refractivity contribution in [3.63, 3.8) is 0 Å². The van der Waals surface area contributed by atoms with E-state index in [1.807, 2.05) is 0 Å². The van der Waals surface area contributed by atoms with Crippen molar-refractivity contribution in [1.82, 2.24) is 0 Å². The zero-order valence-electron chi connectivity index (χ0n) is 8.30. The fourth-order valence-corrected chi connectivity index (χ4v) is 1.04. The van der Waals surface area contributed by atoms with E-state index in [0.29, 0.717) is 0 Å². The second-order valence-corrected chi connectivity index (χ2v) is 2.81. The molecule has 0 heterocycles. The van der Waals surface area contributed by atoms with Crippen LogP contribution in [0.3, 0.4) is 0 Å². The molecular weight excluding hydrogens is 216 g/mol. The van der Waals surface area contributed by atoms with Gasteiger partial charge in [0.2, 0.25) is 0 Å². The highest BCUT2D eigenvalue weighted by Crippen LogP contribution is 2.22. The Kier molecular flexibility index (Phi) is 3.60. The molecule has 1 N–H and O–H groups in total. The van der Waals surface area contributed by atoms with Crippen molar-refractivity contribution in [3.05, 3.63) is 23.8 Å². The zero-order valence-corrected chi connectivity index (χ0v) is 8.30. The highest BCUT2D eigenvalue weighted by atomic mass is 16.5. The molecule has 0 aromatic heterocycles. The Balaban J connectivity index is 3.12. The number of carbonyl (C=O) groups is 3. The van der Waals surface area contributed by atoms with E-state index in [2.05, 4.69) is 4.74 Å². The van der Waals surface area contributed by atoms with Gasteiger partial charge in [-0.15, -0.1) is 0 Å². The van der Waals surface area contributed by atoms with Crippen LogP contribution < -0.4 is 9.47 Å². The van der Waals surface area contributed by atoms with Crippen LogP contribution in [0.15, 0.2) is 18.2 Å². The summed E-state index contributed by atoms with van der Waals surface area (Å²) in [7, 11) is 0. The van der Waals surface area contributed by atoms with Gasteiger partial charge in [-0.3, -0.25) is 9.59 Å². The van der Waals surface area contributed by atoms with Crippen LogP contribution >= 0.6 is 0 Å². The van der Waals surface area contributed by atoms with Crippen LogP contribution in [0.4, 0.5) is 0 Å². The molecule has 0 aliphatic carbocycles. The van der Waals surface area contributed by atoms with E-state index in [-0.39, 0.29) is 23.5 Å². The highest BCUT2D eigenvalue weighted by Gasteiger charge is 2.09. The smallest absolute Gasteiger partial charge is 0.335 e. The standard InChI is InChI=1S/C10H8O6/c1-6(12)16-9-3-7(10(13)14)2-8(4-9)15-5-11/h2-5H,1H3,(H,13,14). The topological polar surface area (TPSA) is 89.9 Å². The fraction of sp³-hybridized carbons (Fsp3) is 0.100. The van der Waals surface area contributed by atoms with E-state index in [1.54, 1.807) is 0 Å². The molecule has 0 saturated carbocycles. The minimum Gasteiger partial charge on any atom is -0.478 e. The minimum absolute atomic E-state index is 0.00394. The first kappa shape index (κ1) is 11.7. The van der Waals surface area contributed by atoms with E-state index in [1.165, 1.54) is 13.0 Å². The number of hydrogen-bond acceptors (Lipinski definition) is 5. The third kappa shape index (κ3) is 3.09. The van der Waals surface area contributed by atoms with E-state index < -0.39 is 11.9 Å². The van der Waals surface area contributed by atoms with E-state index in [4.69, 9.17) is 9.84 Å². The Bertz CT molecular complexity index is 437. The van der Waals surface area contributed by atoms with Crippen molar-refractivity contribution < 1.29 is 29.0 Å². The summed E-state index contributed by atoms with van der Waals surface area (Å²) in [5.74, 6) is -1.82. The summed E-state index contributed by atoms with van der Waals surface area (Å²) >= 11 is 0. The molecule has 6 heteroatoms. The fourth-order valence-electron chi connectivity index (χ4n) is 1.04. The molecule has 0 fully saturated rings. The van der Waals surface area contributed by atoms with Gasteiger partial charge in [-0.05, 0) is 12.1 Å². The van der Waals surface area contributed by atoms with Gasteiger partial charge < -0.3 is 14.6 Å². The van der Waals surface area contributed by atoms with E-state index >= 15 is 0 Å². The quantitative estimate of drug-likeness (QED) is 0.463. The normalized spacial score (nSPS) is 9.31. The first-order chi connectivity index (χ1) is 7.52. The van der Waals surface area contributed by atoms with Crippen LogP contribution in [0.2, 0.25) is 0 Å². The molecule has 0 atom stereocenters. The minimum atomic E-state index is -1.22. The lowest BCUT2D eigenvalue weighted by Crippen LogP contribution is -2.04. The number of carboxylic acids is 1. The number of benzene rings is 1. The summed E-state index contributed by atoms with van der Waals surface area (Å²) in [5.41, 5.74) is -0.143.